The molecule has 0 radical (unpaired) electrons. The van der Waals surface area contributed by atoms with Gasteiger partial charge in [-0.1, -0.05) is 13.8 Å². The molecule has 0 atom stereocenters. The zero-order valence-corrected chi connectivity index (χ0v) is 21.0. The molecule has 0 spiro atoms. The van der Waals surface area contributed by atoms with Gasteiger partial charge in [0.1, 0.15) is 17.7 Å². The van der Waals surface area contributed by atoms with E-state index in [0.717, 1.165) is 59.8 Å². The molecular weight excluding hydrogens is 458 g/mol. The number of carbonyl (C=O) groups is 1. The second-order valence-corrected chi connectivity index (χ2v) is 9.39. The van der Waals surface area contributed by atoms with Crippen molar-refractivity contribution in [3.63, 3.8) is 0 Å². The number of methoxy groups -OCH3 is 1. The number of hydrogen-bond acceptors (Lipinski definition) is 8. The van der Waals surface area contributed by atoms with Gasteiger partial charge < -0.3 is 10.1 Å². The van der Waals surface area contributed by atoms with Crippen LogP contribution in [0.15, 0.2) is 31.0 Å². The Bertz CT molecular complexity index is 1350. The third kappa shape index (κ3) is 4.53. The van der Waals surface area contributed by atoms with Crippen LogP contribution in [0.4, 0.5) is 0 Å². The van der Waals surface area contributed by atoms with Gasteiger partial charge in [0.15, 0.2) is 11.4 Å². The van der Waals surface area contributed by atoms with Gasteiger partial charge in [-0.15, -0.1) is 0 Å². The highest BCUT2D eigenvalue weighted by molar-refractivity contribution is 5.77. The van der Waals surface area contributed by atoms with Gasteiger partial charge in [0.2, 0.25) is 5.91 Å². The summed E-state index contributed by atoms with van der Waals surface area (Å²) in [6.45, 7) is 6.47. The van der Waals surface area contributed by atoms with Crippen molar-refractivity contribution >= 4 is 11.6 Å². The first-order valence-corrected chi connectivity index (χ1v) is 12.2. The number of likely N-dealkylation sites (N-methyl/N-ethyl adjacent to an activating group) is 1. The fourth-order valence-corrected chi connectivity index (χ4v) is 4.85. The van der Waals surface area contributed by atoms with Crippen LogP contribution in [0.25, 0.3) is 28.3 Å². The molecule has 188 valence electrons. The summed E-state index contributed by atoms with van der Waals surface area (Å²) < 4.78 is 7.24. The highest BCUT2D eigenvalue weighted by atomic mass is 16.5. The summed E-state index contributed by atoms with van der Waals surface area (Å²) in [5.74, 6) is 1.23. The lowest BCUT2D eigenvalue weighted by Crippen LogP contribution is -2.40. The largest absolute Gasteiger partial charge is 0.493 e. The van der Waals surface area contributed by atoms with Crippen LogP contribution in [0, 0.1) is 0 Å². The van der Waals surface area contributed by atoms with E-state index in [1.807, 2.05) is 24.7 Å². The molecule has 11 heteroatoms. The lowest BCUT2D eigenvalue weighted by molar-refractivity contribution is -0.122. The summed E-state index contributed by atoms with van der Waals surface area (Å²) in [4.78, 5) is 27.6. The number of fused-ring (bicyclic) bond motifs is 1. The van der Waals surface area contributed by atoms with Crippen molar-refractivity contribution in [3.8, 4) is 28.4 Å². The monoisotopic (exact) mass is 489 g/mol. The number of ether oxygens (including phenoxy) is 1. The molecule has 1 amide bonds. The molecule has 0 unspecified atom stereocenters. The van der Waals surface area contributed by atoms with Gasteiger partial charge in [-0.3, -0.25) is 24.8 Å². The van der Waals surface area contributed by atoms with Gasteiger partial charge in [0, 0.05) is 36.5 Å². The van der Waals surface area contributed by atoms with Crippen molar-refractivity contribution in [3.05, 3.63) is 42.2 Å². The zero-order valence-electron chi connectivity index (χ0n) is 21.0. The summed E-state index contributed by atoms with van der Waals surface area (Å²) in [5.41, 5.74) is 6.02. The summed E-state index contributed by atoms with van der Waals surface area (Å²) in [6.07, 6.45) is 9.03. The van der Waals surface area contributed by atoms with Gasteiger partial charge in [-0.05, 0) is 37.9 Å². The molecular formula is C25H31N9O2. The van der Waals surface area contributed by atoms with E-state index >= 15 is 0 Å². The predicted molar refractivity (Wildman–Crippen MR) is 135 cm³/mol. The molecule has 5 rings (SSSR count). The van der Waals surface area contributed by atoms with E-state index in [1.54, 1.807) is 18.7 Å². The van der Waals surface area contributed by atoms with Crippen molar-refractivity contribution in [1.82, 2.24) is 45.0 Å². The van der Waals surface area contributed by atoms with E-state index in [9.17, 15) is 4.79 Å². The van der Waals surface area contributed by atoms with Gasteiger partial charge >= 0.3 is 0 Å². The Morgan fingerprint density at radius 3 is 2.69 bits per heavy atom. The Balaban J connectivity index is 1.39. The van der Waals surface area contributed by atoms with Crippen molar-refractivity contribution in [1.29, 1.82) is 0 Å². The number of carbonyl (C=O) groups excluding carboxylic acids is 1. The van der Waals surface area contributed by atoms with E-state index in [0.29, 0.717) is 23.9 Å². The molecule has 1 aliphatic rings. The predicted octanol–water partition coefficient (Wildman–Crippen LogP) is 2.63. The fourth-order valence-electron chi connectivity index (χ4n) is 4.85. The summed E-state index contributed by atoms with van der Waals surface area (Å²) >= 11 is 0. The molecule has 5 heterocycles. The van der Waals surface area contributed by atoms with Crippen molar-refractivity contribution in [2.24, 2.45) is 0 Å². The molecule has 36 heavy (non-hydrogen) atoms. The third-order valence-electron chi connectivity index (χ3n) is 6.80. The maximum Gasteiger partial charge on any atom is 0.233 e. The first-order valence-electron chi connectivity index (χ1n) is 12.2. The molecule has 1 aliphatic heterocycles. The molecule has 0 aromatic carbocycles. The minimum atomic E-state index is 0.0524. The van der Waals surface area contributed by atoms with Crippen LogP contribution in [-0.2, 0) is 4.79 Å². The molecule has 1 fully saturated rings. The van der Waals surface area contributed by atoms with Crippen molar-refractivity contribution in [2.45, 2.75) is 38.5 Å². The molecule has 2 N–H and O–H groups in total. The topological polar surface area (TPSA) is 126 Å². The number of likely N-dealkylation sites (tertiary alicyclic amines) is 1. The highest BCUT2D eigenvalue weighted by Crippen LogP contribution is 2.36. The van der Waals surface area contributed by atoms with Gasteiger partial charge in [0.05, 0.1) is 31.2 Å². The number of nitrogens with one attached hydrogen (secondary N) is 2. The Kier molecular flexibility index (Phi) is 6.64. The number of nitrogens with zero attached hydrogens (tertiary/aromatic N) is 7. The van der Waals surface area contributed by atoms with Crippen molar-refractivity contribution < 1.29 is 9.53 Å². The first-order chi connectivity index (χ1) is 17.5. The van der Waals surface area contributed by atoms with Crippen LogP contribution >= 0.6 is 0 Å². The van der Waals surface area contributed by atoms with Gasteiger partial charge in [-0.25, -0.2) is 9.50 Å². The standard InChI is InChI=1S/C25H31N9O2/c1-15(2)22-23(17-9-20(36-4)25-29-14-30-34(25)12-17)31-32-24(22)19-11-27-18(10-28-19)16-5-7-33(8-6-16)13-21(35)26-3/h9-12,14-16H,5-8,13H2,1-4H3,(H,26,35)(H,31,32). The Labute approximate surface area is 209 Å². The van der Waals surface area contributed by atoms with E-state index in [2.05, 4.69) is 44.3 Å². The Morgan fingerprint density at radius 2 is 2.03 bits per heavy atom. The van der Waals surface area contributed by atoms with Gasteiger partial charge in [-0.2, -0.15) is 10.2 Å². The minimum absolute atomic E-state index is 0.0524. The van der Waals surface area contributed by atoms with Gasteiger partial charge in [0.25, 0.3) is 0 Å². The highest BCUT2D eigenvalue weighted by Gasteiger charge is 2.25. The molecule has 4 aromatic rings. The number of amides is 1. The summed E-state index contributed by atoms with van der Waals surface area (Å²) in [6, 6.07) is 1.94. The SMILES string of the molecule is CNC(=O)CN1CCC(c2cnc(-c3n[nH]c(-c4cc(OC)c5ncnn5c4)c3C(C)C)cn2)CC1. The van der Waals surface area contributed by atoms with Crippen LogP contribution in [0.3, 0.4) is 0 Å². The van der Waals surface area contributed by atoms with E-state index in [4.69, 9.17) is 14.7 Å². The quantitative estimate of drug-likeness (QED) is 0.406. The smallest absolute Gasteiger partial charge is 0.233 e. The molecule has 4 aromatic heterocycles. The van der Waals surface area contributed by atoms with E-state index in [1.165, 1.54) is 6.33 Å². The number of aromatic nitrogens is 7. The normalized spacial score (nSPS) is 15.0. The molecule has 0 aliphatic carbocycles. The summed E-state index contributed by atoms with van der Waals surface area (Å²) in [5, 5.41) is 14.8. The molecule has 0 bridgehead atoms. The fraction of sp³-hybridized carbons (Fsp3) is 0.440. The second-order valence-electron chi connectivity index (χ2n) is 9.39. The van der Waals surface area contributed by atoms with Crippen LogP contribution in [0.5, 0.6) is 5.75 Å². The van der Waals surface area contributed by atoms with Crippen molar-refractivity contribution in [2.75, 3.05) is 33.8 Å². The number of rotatable bonds is 7. The number of piperidine rings is 1. The minimum Gasteiger partial charge on any atom is -0.493 e. The molecule has 0 saturated carbocycles. The Hall–Kier alpha value is -3.86. The first kappa shape index (κ1) is 23.9. The maximum atomic E-state index is 11.7. The number of pyridine rings is 1. The number of aromatic amines is 1. The van der Waals surface area contributed by atoms with E-state index < -0.39 is 0 Å². The average molecular weight is 490 g/mol. The van der Waals surface area contributed by atoms with Crippen LogP contribution in [0.2, 0.25) is 0 Å². The third-order valence-corrected chi connectivity index (χ3v) is 6.80. The number of hydrogen-bond donors (Lipinski definition) is 2. The van der Waals surface area contributed by atoms with Crippen LogP contribution < -0.4 is 10.1 Å². The van der Waals surface area contributed by atoms with E-state index in [-0.39, 0.29) is 11.8 Å². The number of H-pyrrole nitrogens is 1. The summed E-state index contributed by atoms with van der Waals surface area (Å²) in [7, 11) is 3.30. The molecule has 1 saturated heterocycles. The Morgan fingerprint density at radius 1 is 1.22 bits per heavy atom. The lowest BCUT2D eigenvalue weighted by Gasteiger charge is -2.30. The lowest BCUT2D eigenvalue weighted by atomic mass is 9.93. The maximum absolute atomic E-state index is 11.7. The van der Waals surface area contributed by atoms with Crippen LogP contribution in [-0.4, -0.2) is 79.4 Å². The zero-order chi connectivity index (χ0) is 25.2. The second kappa shape index (κ2) is 10.0. The van der Waals surface area contributed by atoms with Crippen LogP contribution in [0.1, 0.15) is 49.8 Å². The average Bonchev–Trinajstić information content (AvgIpc) is 3.56. The molecule has 11 nitrogen and oxygen atoms in total.